The molecule has 2 aliphatic rings. The van der Waals surface area contributed by atoms with E-state index in [9.17, 15) is 9.90 Å². The minimum atomic E-state index is -0.874. The van der Waals surface area contributed by atoms with Crippen LogP contribution in [-0.2, 0) is 9.53 Å². The second kappa shape index (κ2) is 12.6. The average molecular weight is 452 g/mol. The quantitative estimate of drug-likeness (QED) is 0.221. The number of carboxylic acids is 1. The van der Waals surface area contributed by atoms with Gasteiger partial charge < -0.3 is 25.4 Å². The van der Waals surface area contributed by atoms with Crippen LogP contribution in [-0.4, -0.2) is 36.7 Å². The van der Waals surface area contributed by atoms with Crippen molar-refractivity contribution in [1.82, 2.24) is 15.5 Å². The highest BCUT2D eigenvalue weighted by Crippen LogP contribution is 2.34. The van der Waals surface area contributed by atoms with Crippen molar-refractivity contribution < 1.29 is 14.6 Å². The number of ether oxygens (including phenoxy) is 1. The summed E-state index contributed by atoms with van der Waals surface area (Å²) >= 11 is 0. The number of hydrogen-bond donors (Lipinski definition) is 3. The summed E-state index contributed by atoms with van der Waals surface area (Å²) in [7, 11) is 3.44. The minimum absolute atomic E-state index is 0.0897. The van der Waals surface area contributed by atoms with Crippen LogP contribution in [0.2, 0.25) is 0 Å². The Bertz CT molecular complexity index is 921. The lowest BCUT2D eigenvalue weighted by Gasteiger charge is -2.35. The van der Waals surface area contributed by atoms with E-state index in [2.05, 4.69) is 55.5 Å². The first-order valence-electron chi connectivity index (χ1n) is 11.2. The molecular weight excluding hydrogens is 414 g/mol. The lowest BCUT2D eigenvalue weighted by Crippen LogP contribution is -2.41. The van der Waals surface area contributed by atoms with Crippen molar-refractivity contribution in [3.8, 4) is 0 Å². The standard InChI is InChI=1S/C27H37N3O3/c1-7-9-11-19(3)14-17-24-27(30(5)18-25(31)32)29-23-13-10-12-21(20(4)26(23)28-24)15-16-22(8-2)33-6/h7-12,16,20-21,28-29H,1-3,13-15,17-18H2,4-6H3,(H,31,32)/b11-9-,22-16+. The van der Waals surface area contributed by atoms with Gasteiger partial charge in [-0.2, -0.15) is 0 Å². The van der Waals surface area contributed by atoms with Crippen LogP contribution < -0.4 is 10.6 Å². The van der Waals surface area contributed by atoms with Crippen LogP contribution in [0.1, 0.15) is 32.6 Å². The van der Waals surface area contributed by atoms with Gasteiger partial charge in [0.25, 0.3) is 0 Å². The van der Waals surface area contributed by atoms with Gasteiger partial charge in [0.2, 0.25) is 0 Å². The number of methoxy groups -OCH3 is 1. The van der Waals surface area contributed by atoms with Crippen LogP contribution >= 0.6 is 0 Å². The normalized spacial score (nSPS) is 20.5. The number of likely N-dealkylation sites (N-methyl/N-ethyl adjacent to an activating group) is 1. The molecule has 2 atom stereocenters. The molecule has 1 aliphatic heterocycles. The average Bonchev–Trinajstić information content (AvgIpc) is 2.94. The first-order chi connectivity index (χ1) is 15.8. The molecule has 6 heteroatoms. The summed E-state index contributed by atoms with van der Waals surface area (Å²) in [5.74, 6) is 1.22. The van der Waals surface area contributed by atoms with Crippen molar-refractivity contribution in [2.45, 2.75) is 32.6 Å². The van der Waals surface area contributed by atoms with Gasteiger partial charge in [0.05, 0.1) is 12.8 Å². The topological polar surface area (TPSA) is 73.8 Å². The lowest BCUT2D eigenvalue weighted by atomic mass is 9.87. The highest BCUT2D eigenvalue weighted by Gasteiger charge is 2.29. The van der Waals surface area contributed by atoms with Gasteiger partial charge in [-0.15, -0.1) is 0 Å². The Kier molecular flexibility index (Phi) is 9.85. The summed E-state index contributed by atoms with van der Waals surface area (Å²) in [4.78, 5) is 13.1. The van der Waals surface area contributed by atoms with Gasteiger partial charge in [0.15, 0.2) is 0 Å². The zero-order valence-corrected chi connectivity index (χ0v) is 20.1. The van der Waals surface area contributed by atoms with Crippen LogP contribution in [0.4, 0.5) is 0 Å². The Morgan fingerprint density at radius 2 is 2.12 bits per heavy atom. The third kappa shape index (κ3) is 7.31. The van der Waals surface area contributed by atoms with E-state index in [1.165, 1.54) is 0 Å². The molecule has 0 aromatic heterocycles. The molecule has 2 unspecified atom stereocenters. The largest absolute Gasteiger partial charge is 0.497 e. The number of nitrogens with one attached hydrogen (secondary N) is 2. The molecule has 0 aromatic carbocycles. The fourth-order valence-electron chi connectivity index (χ4n) is 4.02. The number of allylic oxidation sites excluding steroid dienone is 10. The summed E-state index contributed by atoms with van der Waals surface area (Å²) < 4.78 is 5.33. The molecule has 33 heavy (non-hydrogen) atoms. The van der Waals surface area contributed by atoms with Crippen molar-refractivity contribution in [3.05, 3.63) is 96.5 Å². The van der Waals surface area contributed by atoms with Crippen molar-refractivity contribution in [3.63, 3.8) is 0 Å². The van der Waals surface area contributed by atoms with E-state index in [1.807, 2.05) is 12.2 Å². The maximum atomic E-state index is 11.4. The lowest BCUT2D eigenvalue weighted by molar-refractivity contribution is -0.137. The van der Waals surface area contributed by atoms with E-state index in [0.29, 0.717) is 12.3 Å². The summed E-state index contributed by atoms with van der Waals surface area (Å²) in [5.41, 5.74) is 4.17. The van der Waals surface area contributed by atoms with Gasteiger partial charge >= 0.3 is 5.97 Å². The molecule has 1 aliphatic carbocycles. The maximum absolute atomic E-state index is 11.4. The Hall–Kier alpha value is -3.41. The summed E-state index contributed by atoms with van der Waals surface area (Å²) in [6, 6.07) is 0. The van der Waals surface area contributed by atoms with Crippen LogP contribution in [0.5, 0.6) is 0 Å². The Balaban J connectivity index is 2.28. The van der Waals surface area contributed by atoms with Crippen molar-refractivity contribution in [2.75, 3.05) is 20.7 Å². The highest BCUT2D eigenvalue weighted by atomic mass is 16.5. The molecule has 0 radical (unpaired) electrons. The number of nitrogens with zero attached hydrogens (tertiary/aromatic N) is 1. The predicted molar refractivity (Wildman–Crippen MR) is 135 cm³/mol. The highest BCUT2D eigenvalue weighted by molar-refractivity contribution is 5.69. The summed E-state index contributed by atoms with van der Waals surface area (Å²) in [5, 5.41) is 16.5. The second-order valence-corrected chi connectivity index (χ2v) is 8.31. The zero-order valence-electron chi connectivity index (χ0n) is 20.1. The van der Waals surface area contributed by atoms with Crippen LogP contribution in [0.15, 0.2) is 96.5 Å². The molecule has 1 heterocycles. The van der Waals surface area contributed by atoms with Gasteiger partial charge in [0, 0.05) is 30.8 Å². The van der Waals surface area contributed by atoms with Crippen molar-refractivity contribution in [1.29, 1.82) is 0 Å². The third-order valence-corrected chi connectivity index (χ3v) is 5.91. The zero-order chi connectivity index (χ0) is 24.4. The molecule has 0 saturated carbocycles. The number of carboxylic acid groups (broad SMARTS) is 1. The molecule has 0 saturated heterocycles. The summed E-state index contributed by atoms with van der Waals surface area (Å²) in [6.07, 6.45) is 16.8. The Morgan fingerprint density at radius 3 is 2.76 bits per heavy atom. The molecule has 0 aromatic rings. The van der Waals surface area contributed by atoms with Gasteiger partial charge in [-0.25, -0.2) is 0 Å². The first kappa shape index (κ1) is 25.8. The van der Waals surface area contributed by atoms with Gasteiger partial charge in [0.1, 0.15) is 18.1 Å². The van der Waals surface area contributed by atoms with Gasteiger partial charge in [-0.1, -0.05) is 62.6 Å². The number of rotatable bonds is 12. The van der Waals surface area contributed by atoms with E-state index < -0.39 is 5.97 Å². The fraction of sp³-hybridized carbons (Fsp3) is 0.370. The first-order valence-corrected chi connectivity index (χ1v) is 11.2. The molecule has 0 spiro atoms. The van der Waals surface area contributed by atoms with Gasteiger partial charge in [-0.05, 0) is 37.3 Å². The number of aliphatic carboxylic acids is 1. The van der Waals surface area contributed by atoms with Crippen LogP contribution in [0.25, 0.3) is 0 Å². The molecule has 2 rings (SSSR count). The van der Waals surface area contributed by atoms with E-state index in [0.717, 1.165) is 53.5 Å². The van der Waals surface area contributed by atoms with Crippen molar-refractivity contribution in [2.24, 2.45) is 11.8 Å². The van der Waals surface area contributed by atoms with E-state index >= 15 is 0 Å². The monoisotopic (exact) mass is 451 g/mol. The number of carbonyl (C=O) groups is 1. The maximum Gasteiger partial charge on any atom is 0.323 e. The summed E-state index contributed by atoms with van der Waals surface area (Å²) in [6.45, 7) is 13.7. The predicted octanol–water partition coefficient (Wildman–Crippen LogP) is 4.97. The molecule has 0 bridgehead atoms. The molecule has 178 valence electrons. The molecule has 0 fully saturated rings. The van der Waals surface area contributed by atoms with E-state index in [4.69, 9.17) is 4.74 Å². The Labute approximate surface area is 198 Å². The molecule has 0 amide bonds. The Morgan fingerprint density at radius 1 is 1.36 bits per heavy atom. The number of hydrogen-bond acceptors (Lipinski definition) is 5. The minimum Gasteiger partial charge on any atom is -0.497 e. The fourth-order valence-corrected chi connectivity index (χ4v) is 4.02. The third-order valence-electron chi connectivity index (χ3n) is 5.91. The second-order valence-electron chi connectivity index (χ2n) is 8.31. The van der Waals surface area contributed by atoms with Crippen molar-refractivity contribution >= 4 is 5.97 Å². The SMILES string of the molecule is C=C/C=C\C(=C)CCC1=C(N(C)CC(=O)O)NC2=C(N1)C(C)C(C/C=C(\C=C)OC)C=CC2. The van der Waals surface area contributed by atoms with Gasteiger partial charge in [-0.3, -0.25) is 4.79 Å². The molecule has 3 N–H and O–H groups in total. The van der Waals surface area contributed by atoms with Crippen LogP contribution in [0, 0.1) is 11.8 Å². The molecular formula is C27H37N3O3. The van der Waals surface area contributed by atoms with Crippen LogP contribution in [0.3, 0.4) is 0 Å². The smallest absolute Gasteiger partial charge is 0.323 e. The molecule has 6 nitrogen and oxygen atoms in total. The van der Waals surface area contributed by atoms with E-state index in [1.54, 1.807) is 31.2 Å². The van der Waals surface area contributed by atoms with E-state index in [-0.39, 0.29) is 12.5 Å².